The molecule has 118 valence electrons. The van der Waals surface area contributed by atoms with Gasteiger partial charge in [0.15, 0.2) is 0 Å². The van der Waals surface area contributed by atoms with Crippen LogP contribution in [0.15, 0.2) is 36.5 Å². The number of aromatic nitrogens is 1. The predicted molar refractivity (Wildman–Crippen MR) is 86.2 cm³/mol. The molecular weight excluding hydrogens is 290 g/mol. The van der Waals surface area contributed by atoms with E-state index in [1.165, 1.54) is 11.1 Å². The highest BCUT2D eigenvalue weighted by atomic mass is 16.2. The van der Waals surface area contributed by atoms with Gasteiger partial charge in [-0.2, -0.15) is 0 Å². The number of nitrogens with two attached hydrogens (primary N) is 1. The molecule has 4 rings (SSSR count). The van der Waals surface area contributed by atoms with Crippen LogP contribution >= 0.6 is 0 Å². The van der Waals surface area contributed by atoms with Crippen molar-refractivity contribution in [3.05, 3.63) is 58.9 Å². The number of benzene rings is 1. The average Bonchev–Trinajstić information content (AvgIpc) is 3.09. The third-order valence-electron chi connectivity index (χ3n) is 5.15. The van der Waals surface area contributed by atoms with Gasteiger partial charge in [0.05, 0.1) is 5.56 Å². The molecule has 0 unspecified atom stereocenters. The van der Waals surface area contributed by atoms with Crippen molar-refractivity contribution in [1.29, 1.82) is 0 Å². The first kappa shape index (κ1) is 14.1. The standard InChI is InChI=1S/C18H19N3O2/c1-21-9-11(17(19)22)8-14(21)18(23)20-16-13-7-6-10-4-2-3-5-12(10)15(13)16/h2-5,8-9,13,15-16H,6-7H2,1H3,(H2,19,22)(H,20,23)/t13-,15+,16+/m0/s1. The number of hydrogen-bond acceptors (Lipinski definition) is 2. The van der Waals surface area contributed by atoms with Crippen molar-refractivity contribution in [2.24, 2.45) is 18.7 Å². The number of aryl methyl sites for hydroxylation is 2. The number of carbonyl (C=O) groups excluding carboxylic acids is 2. The second kappa shape index (κ2) is 4.98. The van der Waals surface area contributed by atoms with E-state index in [2.05, 4.69) is 29.6 Å². The molecule has 1 aromatic carbocycles. The van der Waals surface area contributed by atoms with Crippen LogP contribution in [0.1, 0.15) is 44.3 Å². The van der Waals surface area contributed by atoms with E-state index in [4.69, 9.17) is 5.73 Å². The van der Waals surface area contributed by atoms with Gasteiger partial charge in [-0.3, -0.25) is 9.59 Å². The molecule has 1 heterocycles. The molecule has 1 saturated carbocycles. The number of nitrogens with zero attached hydrogens (tertiary/aromatic N) is 1. The van der Waals surface area contributed by atoms with Gasteiger partial charge in [0.25, 0.3) is 5.91 Å². The molecule has 0 radical (unpaired) electrons. The van der Waals surface area contributed by atoms with Crippen LogP contribution in [0.2, 0.25) is 0 Å². The van der Waals surface area contributed by atoms with Gasteiger partial charge in [-0.15, -0.1) is 0 Å². The zero-order valence-corrected chi connectivity index (χ0v) is 13.0. The summed E-state index contributed by atoms with van der Waals surface area (Å²) in [4.78, 5) is 23.8. The second-order valence-corrected chi connectivity index (χ2v) is 6.52. The highest BCUT2D eigenvalue weighted by Gasteiger charge is 2.53. The number of carbonyl (C=O) groups is 2. The number of nitrogens with one attached hydrogen (secondary N) is 1. The zero-order valence-electron chi connectivity index (χ0n) is 13.0. The van der Waals surface area contributed by atoms with Crippen molar-refractivity contribution in [2.45, 2.75) is 24.8 Å². The van der Waals surface area contributed by atoms with Crippen molar-refractivity contribution in [3.8, 4) is 0 Å². The molecule has 5 nitrogen and oxygen atoms in total. The molecule has 2 aliphatic rings. The van der Waals surface area contributed by atoms with Crippen LogP contribution in [0.5, 0.6) is 0 Å². The Morgan fingerprint density at radius 3 is 2.83 bits per heavy atom. The number of rotatable bonds is 3. The van der Waals surface area contributed by atoms with Crippen molar-refractivity contribution in [2.75, 3.05) is 0 Å². The molecule has 1 aromatic heterocycles. The predicted octanol–water partition coefficient (Wildman–Crippen LogP) is 1.58. The van der Waals surface area contributed by atoms with E-state index in [-0.39, 0.29) is 11.9 Å². The third kappa shape index (κ3) is 2.23. The van der Waals surface area contributed by atoms with Crippen LogP contribution in [-0.4, -0.2) is 22.4 Å². The van der Waals surface area contributed by atoms with E-state index in [9.17, 15) is 9.59 Å². The van der Waals surface area contributed by atoms with E-state index in [0.717, 1.165) is 12.8 Å². The van der Waals surface area contributed by atoms with Crippen molar-refractivity contribution < 1.29 is 9.59 Å². The number of fused-ring (bicyclic) bond motifs is 3. The van der Waals surface area contributed by atoms with Gasteiger partial charge in [0, 0.05) is 25.2 Å². The van der Waals surface area contributed by atoms with E-state index in [1.54, 1.807) is 23.9 Å². The second-order valence-electron chi connectivity index (χ2n) is 6.52. The van der Waals surface area contributed by atoms with Crippen LogP contribution < -0.4 is 11.1 Å². The van der Waals surface area contributed by atoms with E-state index in [0.29, 0.717) is 23.1 Å². The maximum absolute atomic E-state index is 12.5. The van der Waals surface area contributed by atoms with Gasteiger partial charge in [-0.1, -0.05) is 24.3 Å². The lowest BCUT2D eigenvalue weighted by Gasteiger charge is -2.13. The Hall–Kier alpha value is -2.56. The molecule has 0 aliphatic heterocycles. The summed E-state index contributed by atoms with van der Waals surface area (Å²) in [6.45, 7) is 0. The van der Waals surface area contributed by atoms with Crippen molar-refractivity contribution in [3.63, 3.8) is 0 Å². The Balaban J connectivity index is 1.52. The summed E-state index contributed by atoms with van der Waals surface area (Å²) in [6, 6.07) is 10.2. The lowest BCUT2D eigenvalue weighted by molar-refractivity contribution is 0.0940. The van der Waals surface area contributed by atoms with Gasteiger partial charge in [-0.05, 0) is 36.0 Å². The van der Waals surface area contributed by atoms with Gasteiger partial charge in [-0.25, -0.2) is 0 Å². The Morgan fingerprint density at radius 2 is 2.09 bits per heavy atom. The molecule has 23 heavy (non-hydrogen) atoms. The summed E-state index contributed by atoms with van der Waals surface area (Å²) in [6.07, 6.45) is 3.79. The minimum atomic E-state index is -0.520. The highest BCUT2D eigenvalue weighted by Crippen LogP contribution is 2.54. The van der Waals surface area contributed by atoms with E-state index in [1.807, 2.05) is 0 Å². The molecule has 2 amide bonds. The summed E-state index contributed by atoms with van der Waals surface area (Å²) in [5.41, 5.74) is 8.88. The first-order valence-corrected chi connectivity index (χ1v) is 7.91. The quantitative estimate of drug-likeness (QED) is 0.903. The van der Waals surface area contributed by atoms with Crippen LogP contribution in [0.3, 0.4) is 0 Å². The average molecular weight is 309 g/mol. The summed E-state index contributed by atoms with van der Waals surface area (Å²) in [7, 11) is 1.75. The fourth-order valence-electron chi connectivity index (χ4n) is 3.91. The molecule has 1 fully saturated rings. The molecule has 3 N–H and O–H groups in total. The Bertz CT molecular complexity index is 808. The van der Waals surface area contributed by atoms with Crippen LogP contribution in [-0.2, 0) is 13.5 Å². The number of hydrogen-bond donors (Lipinski definition) is 2. The zero-order chi connectivity index (χ0) is 16.1. The fourth-order valence-corrected chi connectivity index (χ4v) is 3.91. The summed E-state index contributed by atoms with van der Waals surface area (Å²) < 4.78 is 1.65. The number of primary amides is 1. The Kier molecular flexibility index (Phi) is 3.04. The molecule has 0 saturated heterocycles. The minimum absolute atomic E-state index is 0.142. The largest absolute Gasteiger partial charge is 0.366 e. The van der Waals surface area contributed by atoms with Crippen LogP contribution in [0.4, 0.5) is 0 Å². The Morgan fingerprint density at radius 1 is 1.30 bits per heavy atom. The van der Waals surface area contributed by atoms with Gasteiger partial charge in [0.1, 0.15) is 5.69 Å². The lowest BCUT2D eigenvalue weighted by Crippen LogP contribution is -2.29. The van der Waals surface area contributed by atoms with Gasteiger partial charge >= 0.3 is 0 Å². The van der Waals surface area contributed by atoms with Gasteiger partial charge in [0.2, 0.25) is 5.91 Å². The summed E-state index contributed by atoms with van der Waals surface area (Å²) in [5, 5.41) is 3.13. The molecular formula is C18H19N3O2. The van der Waals surface area contributed by atoms with E-state index < -0.39 is 5.91 Å². The monoisotopic (exact) mass is 309 g/mol. The topological polar surface area (TPSA) is 77.1 Å². The van der Waals surface area contributed by atoms with Crippen LogP contribution in [0, 0.1) is 5.92 Å². The third-order valence-corrected chi connectivity index (χ3v) is 5.15. The molecule has 0 bridgehead atoms. The normalized spacial score (nSPS) is 24.5. The molecule has 2 aliphatic carbocycles. The summed E-state index contributed by atoms with van der Waals surface area (Å²) >= 11 is 0. The SMILES string of the molecule is Cn1cc(C(N)=O)cc1C(=O)N[C@@H]1[C@H]2CCc3ccccc3[C@H]21. The van der Waals surface area contributed by atoms with Crippen molar-refractivity contribution in [1.82, 2.24) is 9.88 Å². The van der Waals surface area contributed by atoms with Gasteiger partial charge < -0.3 is 15.6 Å². The smallest absolute Gasteiger partial charge is 0.268 e. The maximum atomic E-state index is 12.5. The minimum Gasteiger partial charge on any atom is -0.366 e. The molecule has 2 aromatic rings. The maximum Gasteiger partial charge on any atom is 0.268 e. The number of amides is 2. The lowest BCUT2D eigenvalue weighted by atomic mass is 9.92. The van der Waals surface area contributed by atoms with Crippen molar-refractivity contribution >= 4 is 11.8 Å². The first-order valence-electron chi connectivity index (χ1n) is 7.91. The molecule has 3 atom stereocenters. The van der Waals surface area contributed by atoms with E-state index >= 15 is 0 Å². The Labute approximate surface area is 134 Å². The molecule has 5 heteroatoms. The molecule has 0 spiro atoms. The summed E-state index contributed by atoms with van der Waals surface area (Å²) in [5.74, 6) is 0.301. The fraction of sp³-hybridized carbons (Fsp3) is 0.333. The highest BCUT2D eigenvalue weighted by molar-refractivity contribution is 5.99. The van der Waals surface area contributed by atoms with Crippen LogP contribution in [0.25, 0.3) is 0 Å². The first-order chi connectivity index (χ1) is 11.1.